The van der Waals surface area contributed by atoms with E-state index in [-0.39, 0.29) is 17.3 Å². The molecule has 0 aliphatic heterocycles. The Morgan fingerprint density at radius 3 is 2.08 bits per heavy atom. The number of benzene rings is 2. The van der Waals surface area contributed by atoms with Gasteiger partial charge in [-0.2, -0.15) is 0 Å². The van der Waals surface area contributed by atoms with Crippen LogP contribution in [0.15, 0.2) is 77.1 Å². The lowest BCUT2D eigenvalue weighted by molar-refractivity contribution is -0.109. The fraction of sp³-hybridized carbons (Fsp3) is 0. The van der Waals surface area contributed by atoms with Crippen LogP contribution >= 0.6 is 0 Å². The molecule has 0 saturated carbocycles. The van der Waals surface area contributed by atoms with Crippen molar-refractivity contribution in [2.45, 2.75) is 0 Å². The number of nitrogen functional groups attached to an aromatic ring is 2. The Bertz CT molecular complexity index is 863. The van der Waals surface area contributed by atoms with Gasteiger partial charge in [0.05, 0.1) is 11.4 Å². The number of hydrogen-bond donors (Lipinski definition) is 4. The Balaban J connectivity index is 1.90. The molecule has 0 saturated heterocycles. The summed E-state index contributed by atoms with van der Waals surface area (Å²) in [7, 11) is 0. The van der Waals surface area contributed by atoms with Gasteiger partial charge in [0, 0.05) is 23.1 Å². The molecule has 1 aliphatic rings. The van der Waals surface area contributed by atoms with Gasteiger partial charge in [0.15, 0.2) is 0 Å². The van der Waals surface area contributed by atoms with Crippen LogP contribution in [0.5, 0.6) is 0 Å². The molecule has 2 aromatic carbocycles. The summed E-state index contributed by atoms with van der Waals surface area (Å²) in [5.41, 5.74) is 14.5. The summed E-state index contributed by atoms with van der Waals surface area (Å²) in [6.07, 6.45) is 2.64. The molecule has 0 amide bonds. The summed E-state index contributed by atoms with van der Waals surface area (Å²) < 4.78 is 0. The molecule has 24 heavy (non-hydrogen) atoms. The number of aliphatic hydroxyl groups excluding tert-OH is 1. The smallest absolute Gasteiger partial charge is 0.208 e. The van der Waals surface area contributed by atoms with Crippen LogP contribution in [0.3, 0.4) is 0 Å². The molecule has 6 N–H and O–H groups in total. The number of carbonyl (C=O) groups excluding carboxylic acids is 1. The lowest BCUT2D eigenvalue weighted by Crippen LogP contribution is -2.18. The number of nitrogens with one attached hydrogen (secondary N) is 1. The van der Waals surface area contributed by atoms with Crippen LogP contribution in [-0.2, 0) is 4.79 Å². The molecule has 120 valence electrons. The molecule has 0 radical (unpaired) electrons. The van der Waals surface area contributed by atoms with E-state index in [0.717, 1.165) is 11.8 Å². The molecule has 0 unspecified atom stereocenters. The van der Waals surface area contributed by atoms with Gasteiger partial charge in [-0.25, -0.2) is 4.99 Å². The second-order valence-electron chi connectivity index (χ2n) is 5.29. The average molecular weight is 320 g/mol. The first-order valence-electron chi connectivity index (χ1n) is 7.25. The number of aliphatic imine (C=N–C) groups is 1. The number of anilines is 3. The molecule has 6 heteroatoms. The molecule has 0 heterocycles. The second kappa shape index (κ2) is 6.29. The van der Waals surface area contributed by atoms with Crippen LogP contribution in [0, 0.1) is 0 Å². The minimum atomic E-state index is -0.368. The van der Waals surface area contributed by atoms with E-state index in [4.69, 9.17) is 11.5 Å². The quantitative estimate of drug-likeness (QED) is 0.513. The maximum Gasteiger partial charge on any atom is 0.208 e. The Kier molecular flexibility index (Phi) is 4.03. The Morgan fingerprint density at radius 1 is 0.875 bits per heavy atom. The number of nitrogens with two attached hydrogens (primary N) is 2. The predicted octanol–water partition coefficient (Wildman–Crippen LogP) is 2.94. The summed E-state index contributed by atoms with van der Waals surface area (Å²) in [6, 6.07) is 13.9. The van der Waals surface area contributed by atoms with Crippen molar-refractivity contribution in [1.29, 1.82) is 0 Å². The van der Waals surface area contributed by atoms with Gasteiger partial charge in [0.2, 0.25) is 5.78 Å². The number of allylic oxidation sites excluding steroid dienone is 2. The zero-order chi connectivity index (χ0) is 17.1. The van der Waals surface area contributed by atoms with Gasteiger partial charge in [-0.3, -0.25) is 4.79 Å². The van der Waals surface area contributed by atoms with Crippen molar-refractivity contribution in [2.24, 2.45) is 4.99 Å². The van der Waals surface area contributed by atoms with Gasteiger partial charge >= 0.3 is 0 Å². The molecule has 0 spiro atoms. The van der Waals surface area contributed by atoms with E-state index in [0.29, 0.717) is 22.8 Å². The van der Waals surface area contributed by atoms with Crippen molar-refractivity contribution in [3.05, 3.63) is 72.1 Å². The molecule has 2 aromatic rings. The first-order chi connectivity index (χ1) is 11.5. The van der Waals surface area contributed by atoms with Gasteiger partial charge in [-0.15, -0.1) is 0 Å². The van der Waals surface area contributed by atoms with Gasteiger partial charge in [-0.1, -0.05) is 0 Å². The van der Waals surface area contributed by atoms with Crippen molar-refractivity contribution in [3.63, 3.8) is 0 Å². The predicted molar refractivity (Wildman–Crippen MR) is 96.2 cm³/mol. The fourth-order valence-corrected chi connectivity index (χ4v) is 2.16. The Labute approximate surface area is 138 Å². The number of hydrogen-bond acceptors (Lipinski definition) is 6. The topological polar surface area (TPSA) is 114 Å². The van der Waals surface area contributed by atoms with Gasteiger partial charge in [0.1, 0.15) is 11.5 Å². The van der Waals surface area contributed by atoms with Crippen molar-refractivity contribution in [3.8, 4) is 0 Å². The summed E-state index contributed by atoms with van der Waals surface area (Å²) in [4.78, 5) is 16.3. The maximum absolute atomic E-state index is 12.0. The van der Waals surface area contributed by atoms with Crippen LogP contribution in [0.25, 0.3) is 0 Å². The molecule has 6 nitrogen and oxygen atoms in total. The molecule has 0 atom stereocenters. The highest BCUT2D eigenvalue weighted by Gasteiger charge is 2.18. The maximum atomic E-state index is 12.0. The number of rotatable bonds is 3. The summed E-state index contributed by atoms with van der Waals surface area (Å²) >= 11 is 0. The molecule has 0 aromatic heterocycles. The largest absolute Gasteiger partial charge is 0.506 e. The third-order valence-electron chi connectivity index (χ3n) is 3.41. The number of nitrogens with zero attached hydrogens (tertiary/aromatic N) is 1. The minimum Gasteiger partial charge on any atom is -0.506 e. The minimum absolute atomic E-state index is 0.145. The molecular weight excluding hydrogens is 304 g/mol. The van der Waals surface area contributed by atoms with E-state index in [2.05, 4.69) is 10.3 Å². The van der Waals surface area contributed by atoms with Crippen molar-refractivity contribution in [2.75, 3.05) is 16.8 Å². The number of aliphatic hydroxyl groups is 1. The number of carbonyl (C=O) groups is 1. The van der Waals surface area contributed by atoms with Crippen LogP contribution in [-0.4, -0.2) is 16.6 Å². The van der Waals surface area contributed by atoms with Crippen molar-refractivity contribution >= 4 is 34.2 Å². The van der Waals surface area contributed by atoms with Crippen LogP contribution in [0.2, 0.25) is 0 Å². The Morgan fingerprint density at radius 2 is 1.46 bits per heavy atom. The van der Waals surface area contributed by atoms with E-state index < -0.39 is 0 Å². The summed E-state index contributed by atoms with van der Waals surface area (Å²) in [5.74, 6) is -0.514. The normalized spacial score (nSPS) is 15.8. The van der Waals surface area contributed by atoms with E-state index >= 15 is 0 Å². The highest BCUT2D eigenvalue weighted by molar-refractivity contribution is 6.49. The highest BCUT2D eigenvalue weighted by atomic mass is 16.3. The Hall–Kier alpha value is -3.54. The zero-order valence-corrected chi connectivity index (χ0v) is 12.7. The average Bonchev–Trinajstić information content (AvgIpc) is 2.56. The number of ketones is 1. The molecule has 0 fully saturated rings. The van der Waals surface area contributed by atoms with Crippen molar-refractivity contribution < 1.29 is 9.90 Å². The van der Waals surface area contributed by atoms with Crippen LogP contribution < -0.4 is 16.8 Å². The second-order valence-corrected chi connectivity index (χ2v) is 5.29. The van der Waals surface area contributed by atoms with Crippen LogP contribution in [0.4, 0.5) is 22.7 Å². The van der Waals surface area contributed by atoms with Crippen molar-refractivity contribution in [1.82, 2.24) is 0 Å². The zero-order valence-electron chi connectivity index (χ0n) is 12.7. The third-order valence-corrected chi connectivity index (χ3v) is 3.41. The first-order valence-corrected chi connectivity index (χ1v) is 7.25. The van der Waals surface area contributed by atoms with Gasteiger partial charge in [0.25, 0.3) is 0 Å². The van der Waals surface area contributed by atoms with E-state index in [1.807, 2.05) is 0 Å². The SMILES string of the molecule is Nc1ccc(N=C2C=C(Nc3ccc(N)cc3)C(O)=CC2=O)cc1. The van der Waals surface area contributed by atoms with E-state index in [9.17, 15) is 9.90 Å². The van der Waals surface area contributed by atoms with Gasteiger partial charge in [-0.05, 0) is 54.6 Å². The van der Waals surface area contributed by atoms with Gasteiger partial charge < -0.3 is 21.9 Å². The van der Waals surface area contributed by atoms with E-state index in [1.54, 1.807) is 48.5 Å². The lowest BCUT2D eigenvalue weighted by Gasteiger charge is -2.14. The summed E-state index contributed by atoms with van der Waals surface area (Å²) in [6.45, 7) is 0. The van der Waals surface area contributed by atoms with Crippen LogP contribution in [0.1, 0.15) is 0 Å². The molecule has 1 aliphatic carbocycles. The molecule has 0 bridgehead atoms. The fourth-order valence-electron chi connectivity index (χ4n) is 2.16. The molecule has 3 rings (SSSR count). The first kappa shape index (κ1) is 15.4. The monoisotopic (exact) mass is 320 g/mol. The lowest BCUT2D eigenvalue weighted by atomic mass is 10.1. The standard InChI is InChI=1S/C18H16N4O2/c19-11-1-5-13(6-2-11)21-15-9-16(18(24)10-17(15)23)22-14-7-3-12(20)4-8-14/h1-10,21,23H,19-20H2. The van der Waals surface area contributed by atoms with E-state index in [1.165, 1.54) is 6.08 Å². The molecular formula is C18H16N4O2. The third kappa shape index (κ3) is 3.44. The highest BCUT2D eigenvalue weighted by Crippen LogP contribution is 2.21. The summed E-state index contributed by atoms with van der Waals surface area (Å²) in [5, 5.41) is 13.0.